The second kappa shape index (κ2) is 6.03. The van der Waals surface area contributed by atoms with E-state index in [1.165, 1.54) is 11.3 Å². The molecule has 1 atom stereocenters. The molecule has 1 aromatic carbocycles. The molecule has 24 heavy (non-hydrogen) atoms. The molecule has 1 heterocycles. The molecule has 130 valence electrons. The number of benzene rings is 1. The predicted molar refractivity (Wildman–Crippen MR) is 97.7 cm³/mol. The SMILES string of the molecule is CC(Cc1noc(C2(c3ccc(N(C)C)cc3)CC2)n1)P(C)(C)=O. The lowest BCUT2D eigenvalue weighted by Crippen LogP contribution is -2.12. The molecule has 2 aromatic rings. The fraction of sp³-hybridized carbons (Fsp3) is 0.556. The van der Waals surface area contributed by atoms with Gasteiger partial charge in [-0.15, -0.1) is 0 Å². The summed E-state index contributed by atoms with van der Waals surface area (Å²) in [6, 6.07) is 8.56. The average Bonchev–Trinajstić information content (AvgIpc) is 3.20. The van der Waals surface area contributed by atoms with Gasteiger partial charge in [0.05, 0.1) is 12.6 Å². The topological polar surface area (TPSA) is 59.2 Å². The van der Waals surface area contributed by atoms with E-state index in [9.17, 15) is 4.57 Å². The summed E-state index contributed by atoms with van der Waals surface area (Å²) in [4.78, 5) is 6.71. The second-order valence-electron chi connectivity index (χ2n) is 7.53. The van der Waals surface area contributed by atoms with Gasteiger partial charge >= 0.3 is 0 Å². The summed E-state index contributed by atoms with van der Waals surface area (Å²) in [5, 5.41) is 4.13. The maximum absolute atomic E-state index is 12.2. The van der Waals surface area contributed by atoms with E-state index in [-0.39, 0.29) is 11.1 Å². The number of rotatable bonds is 6. The molecule has 0 spiro atoms. The van der Waals surface area contributed by atoms with Crippen LogP contribution < -0.4 is 4.90 Å². The van der Waals surface area contributed by atoms with E-state index in [2.05, 4.69) is 39.3 Å². The Morgan fingerprint density at radius 1 is 1.25 bits per heavy atom. The Hall–Kier alpha value is -1.61. The van der Waals surface area contributed by atoms with Crippen LogP contribution in [0.5, 0.6) is 0 Å². The number of anilines is 1. The Morgan fingerprint density at radius 2 is 1.88 bits per heavy atom. The van der Waals surface area contributed by atoms with Crippen LogP contribution in [0, 0.1) is 0 Å². The predicted octanol–water partition coefficient (Wildman–Crippen LogP) is 3.77. The number of nitrogens with zero attached hydrogens (tertiary/aromatic N) is 3. The molecule has 0 saturated heterocycles. The third-order valence-electron chi connectivity index (χ3n) is 5.10. The molecule has 1 aromatic heterocycles. The standard InChI is InChI=1S/C18H26N3O2P/c1-13(24(4,5)22)12-16-19-17(23-20-16)18(10-11-18)14-6-8-15(9-7-14)21(2)3/h6-9,13H,10-12H2,1-5H3. The molecule has 1 fully saturated rings. The van der Waals surface area contributed by atoms with Gasteiger partial charge in [0.2, 0.25) is 5.89 Å². The molecule has 0 bridgehead atoms. The Labute approximate surface area is 143 Å². The van der Waals surface area contributed by atoms with E-state index < -0.39 is 7.14 Å². The van der Waals surface area contributed by atoms with Crippen molar-refractivity contribution in [2.75, 3.05) is 32.3 Å². The third-order valence-corrected chi connectivity index (χ3v) is 7.41. The van der Waals surface area contributed by atoms with Crippen molar-refractivity contribution in [3.05, 3.63) is 41.5 Å². The van der Waals surface area contributed by atoms with Crippen molar-refractivity contribution >= 4 is 12.8 Å². The monoisotopic (exact) mass is 347 g/mol. The van der Waals surface area contributed by atoms with Crippen LogP contribution in [0.2, 0.25) is 0 Å². The maximum atomic E-state index is 12.2. The first-order valence-electron chi connectivity index (χ1n) is 8.38. The normalized spacial score (nSPS) is 17.5. The summed E-state index contributed by atoms with van der Waals surface area (Å²) in [6.07, 6.45) is 2.67. The van der Waals surface area contributed by atoms with Gasteiger partial charge in [0.15, 0.2) is 5.82 Å². The van der Waals surface area contributed by atoms with Crippen LogP contribution in [-0.4, -0.2) is 43.2 Å². The Bertz CT molecular complexity index is 757. The van der Waals surface area contributed by atoms with Crippen LogP contribution in [0.1, 0.15) is 37.0 Å². The second-order valence-corrected chi connectivity index (χ2v) is 11.3. The zero-order valence-electron chi connectivity index (χ0n) is 15.1. The van der Waals surface area contributed by atoms with Gasteiger partial charge in [-0.1, -0.05) is 24.2 Å². The molecule has 6 heteroatoms. The van der Waals surface area contributed by atoms with Crippen molar-refractivity contribution in [2.24, 2.45) is 0 Å². The minimum atomic E-state index is -2.14. The van der Waals surface area contributed by atoms with E-state index in [1.54, 1.807) is 0 Å². The molecule has 3 rings (SSSR count). The van der Waals surface area contributed by atoms with E-state index >= 15 is 0 Å². The third kappa shape index (κ3) is 3.27. The van der Waals surface area contributed by atoms with Crippen LogP contribution in [-0.2, 0) is 16.4 Å². The van der Waals surface area contributed by atoms with Crippen LogP contribution >= 0.6 is 7.14 Å². The summed E-state index contributed by atoms with van der Waals surface area (Å²) in [5.74, 6) is 1.36. The largest absolute Gasteiger partial charge is 0.378 e. The molecule has 0 amide bonds. The first-order chi connectivity index (χ1) is 11.2. The molecule has 1 unspecified atom stereocenters. The zero-order valence-corrected chi connectivity index (χ0v) is 16.0. The smallest absolute Gasteiger partial charge is 0.237 e. The first kappa shape index (κ1) is 17.2. The van der Waals surface area contributed by atoms with Crippen LogP contribution in [0.25, 0.3) is 0 Å². The molecule has 1 saturated carbocycles. The molecule has 0 radical (unpaired) electrons. The van der Waals surface area contributed by atoms with Crippen molar-refractivity contribution in [2.45, 2.75) is 37.3 Å². The van der Waals surface area contributed by atoms with E-state index in [1.807, 2.05) is 34.3 Å². The maximum Gasteiger partial charge on any atom is 0.237 e. The van der Waals surface area contributed by atoms with Gasteiger partial charge in [0.1, 0.15) is 0 Å². The van der Waals surface area contributed by atoms with Gasteiger partial charge < -0.3 is 14.0 Å². The van der Waals surface area contributed by atoms with Gasteiger partial charge in [-0.05, 0) is 43.9 Å². The molecular weight excluding hydrogens is 321 g/mol. The van der Waals surface area contributed by atoms with Gasteiger partial charge in [0.25, 0.3) is 0 Å². The van der Waals surface area contributed by atoms with E-state index in [0.29, 0.717) is 18.1 Å². The fourth-order valence-electron chi connectivity index (χ4n) is 2.84. The van der Waals surface area contributed by atoms with Crippen molar-refractivity contribution in [1.29, 1.82) is 0 Å². The highest BCUT2D eigenvalue weighted by Crippen LogP contribution is 2.53. The quantitative estimate of drug-likeness (QED) is 0.745. The summed E-state index contributed by atoms with van der Waals surface area (Å²) in [7, 11) is 1.93. The Kier molecular flexibility index (Phi) is 4.33. The van der Waals surface area contributed by atoms with Crippen LogP contribution in [0.4, 0.5) is 5.69 Å². The van der Waals surface area contributed by atoms with E-state index in [4.69, 9.17) is 4.52 Å². The molecule has 1 aliphatic rings. The van der Waals surface area contributed by atoms with Crippen LogP contribution in [0.15, 0.2) is 28.8 Å². The molecule has 1 aliphatic carbocycles. The number of hydrogen-bond donors (Lipinski definition) is 0. The van der Waals surface area contributed by atoms with Crippen molar-refractivity contribution in [3.8, 4) is 0 Å². The lowest BCUT2D eigenvalue weighted by Gasteiger charge is -2.15. The molecule has 5 nitrogen and oxygen atoms in total. The summed E-state index contributed by atoms with van der Waals surface area (Å²) < 4.78 is 17.7. The highest BCUT2D eigenvalue weighted by molar-refractivity contribution is 7.63. The summed E-state index contributed by atoms with van der Waals surface area (Å²) in [6.45, 7) is 5.62. The fourth-order valence-corrected chi connectivity index (χ4v) is 3.45. The Morgan fingerprint density at radius 3 is 2.38 bits per heavy atom. The van der Waals surface area contributed by atoms with Gasteiger partial charge in [0, 0.05) is 31.9 Å². The minimum absolute atomic E-state index is 0.0671. The van der Waals surface area contributed by atoms with Crippen molar-refractivity contribution in [1.82, 2.24) is 10.1 Å². The number of hydrogen-bond acceptors (Lipinski definition) is 5. The Balaban J connectivity index is 1.80. The van der Waals surface area contributed by atoms with E-state index in [0.717, 1.165) is 12.8 Å². The summed E-state index contributed by atoms with van der Waals surface area (Å²) >= 11 is 0. The van der Waals surface area contributed by atoms with Crippen molar-refractivity contribution in [3.63, 3.8) is 0 Å². The van der Waals surface area contributed by atoms with Gasteiger partial charge in [-0.3, -0.25) is 0 Å². The van der Waals surface area contributed by atoms with Gasteiger partial charge in [-0.25, -0.2) is 0 Å². The average molecular weight is 347 g/mol. The molecule has 0 aliphatic heterocycles. The van der Waals surface area contributed by atoms with Crippen LogP contribution in [0.3, 0.4) is 0 Å². The molecule has 0 N–H and O–H groups in total. The lowest BCUT2D eigenvalue weighted by molar-refractivity contribution is 0.355. The highest BCUT2D eigenvalue weighted by Gasteiger charge is 2.51. The first-order valence-corrected chi connectivity index (χ1v) is 11.0. The van der Waals surface area contributed by atoms with Crippen molar-refractivity contribution < 1.29 is 9.09 Å². The lowest BCUT2D eigenvalue weighted by atomic mass is 9.95. The van der Waals surface area contributed by atoms with Gasteiger partial charge in [-0.2, -0.15) is 4.98 Å². The zero-order chi connectivity index (χ0) is 17.5. The molecular formula is C18H26N3O2P. The highest BCUT2D eigenvalue weighted by atomic mass is 31.2. The summed E-state index contributed by atoms with van der Waals surface area (Å²) in [5.41, 5.74) is 2.35. The minimum Gasteiger partial charge on any atom is -0.378 e. The number of aromatic nitrogens is 2.